The number of alkyl halides is 1. The Kier molecular flexibility index (Phi) is 7.56. The summed E-state index contributed by atoms with van der Waals surface area (Å²) < 4.78 is 3.13. The highest BCUT2D eigenvalue weighted by Crippen LogP contribution is 2.32. The first kappa shape index (κ1) is 24.9. The second-order valence-corrected chi connectivity index (χ2v) is 8.55. The van der Waals surface area contributed by atoms with Crippen LogP contribution in [0.3, 0.4) is 0 Å². The Morgan fingerprint density at radius 1 is 1.24 bits per heavy atom. The molecule has 0 radical (unpaired) electrons. The maximum atomic E-state index is 13.5. The number of nitro groups is 1. The van der Waals surface area contributed by atoms with Crippen LogP contribution in [0.25, 0.3) is 0 Å². The van der Waals surface area contributed by atoms with Crippen LogP contribution in [0.4, 0.5) is 11.5 Å². The SMILES string of the molecule is Cc1n(CCBr)c([N+](=O)[O-])c[n+]1C1N=C(c2ccccc2)c2cc(Cl)ccc2N(C)C1=O.[Cl-]. The van der Waals surface area contributed by atoms with E-state index < -0.39 is 11.1 Å². The van der Waals surface area contributed by atoms with E-state index in [1.807, 2.05) is 30.3 Å². The molecule has 1 amide bonds. The predicted molar refractivity (Wildman–Crippen MR) is 126 cm³/mol. The van der Waals surface area contributed by atoms with Crippen molar-refractivity contribution < 1.29 is 26.7 Å². The Morgan fingerprint density at radius 3 is 2.58 bits per heavy atom. The summed E-state index contributed by atoms with van der Waals surface area (Å²) in [5.74, 6) is 0.153. The quantitative estimate of drug-likeness (QED) is 0.205. The molecule has 0 bridgehead atoms. The summed E-state index contributed by atoms with van der Waals surface area (Å²) in [7, 11) is 1.67. The third-order valence-corrected chi connectivity index (χ3v) is 6.07. The fraction of sp³-hybridized carbons (Fsp3) is 0.227. The van der Waals surface area contributed by atoms with Crippen molar-refractivity contribution in [3.63, 3.8) is 0 Å². The van der Waals surface area contributed by atoms with Gasteiger partial charge in [0.2, 0.25) is 0 Å². The highest BCUT2D eigenvalue weighted by Gasteiger charge is 2.38. The van der Waals surface area contributed by atoms with Crippen molar-refractivity contribution in [2.24, 2.45) is 4.99 Å². The Labute approximate surface area is 210 Å². The van der Waals surface area contributed by atoms with Gasteiger partial charge in [0.15, 0.2) is 6.20 Å². The van der Waals surface area contributed by atoms with E-state index in [1.54, 1.807) is 41.3 Å². The molecule has 0 saturated carbocycles. The summed E-state index contributed by atoms with van der Waals surface area (Å²) >= 11 is 9.63. The smallest absolute Gasteiger partial charge is 0.365 e. The van der Waals surface area contributed by atoms with Gasteiger partial charge in [0.05, 0.1) is 11.4 Å². The van der Waals surface area contributed by atoms with E-state index in [0.717, 1.165) is 11.1 Å². The van der Waals surface area contributed by atoms with Crippen molar-refractivity contribution in [2.45, 2.75) is 19.6 Å². The summed E-state index contributed by atoms with van der Waals surface area (Å²) in [6, 6.07) is 14.8. The van der Waals surface area contributed by atoms with Gasteiger partial charge in [-0.05, 0) is 23.1 Å². The van der Waals surface area contributed by atoms with Crippen LogP contribution in [0.1, 0.15) is 23.1 Å². The zero-order chi connectivity index (χ0) is 23.0. The van der Waals surface area contributed by atoms with Crippen LogP contribution in [-0.4, -0.2) is 33.5 Å². The molecule has 2 aromatic carbocycles. The van der Waals surface area contributed by atoms with E-state index in [0.29, 0.717) is 34.1 Å². The van der Waals surface area contributed by atoms with E-state index in [2.05, 4.69) is 15.9 Å². The fourth-order valence-electron chi connectivity index (χ4n) is 3.88. The van der Waals surface area contributed by atoms with Crippen LogP contribution in [0.5, 0.6) is 0 Å². The lowest BCUT2D eigenvalue weighted by molar-refractivity contribution is -0.713. The molecule has 172 valence electrons. The summed E-state index contributed by atoms with van der Waals surface area (Å²) in [6.45, 7) is 2.13. The Hall–Kier alpha value is -2.75. The van der Waals surface area contributed by atoms with Crippen LogP contribution in [-0.2, 0) is 11.3 Å². The maximum absolute atomic E-state index is 13.5. The largest absolute Gasteiger partial charge is 1.00 e. The topological polar surface area (TPSA) is 84.6 Å². The highest BCUT2D eigenvalue weighted by molar-refractivity contribution is 9.09. The minimum absolute atomic E-state index is 0. The molecular weight excluding hydrogens is 533 g/mol. The first-order valence-corrected chi connectivity index (χ1v) is 11.4. The highest BCUT2D eigenvalue weighted by atomic mass is 79.9. The van der Waals surface area contributed by atoms with Crippen LogP contribution < -0.4 is 21.9 Å². The van der Waals surface area contributed by atoms with Crippen LogP contribution >= 0.6 is 27.5 Å². The van der Waals surface area contributed by atoms with E-state index in [-0.39, 0.29) is 24.1 Å². The number of amides is 1. The number of hydrogen-bond donors (Lipinski definition) is 0. The molecule has 3 aromatic rings. The standard InChI is InChI=1S/C22H20BrClN5O3.ClH/c1-14-27(11-10-23)19(29(31)32)13-28(14)21-22(30)26(2)18-9-8-16(24)12-17(18)20(25-21)15-6-4-3-5-7-15;/h3-9,12-13,21H,10-11H2,1-2H3;1H/q+1;/p-1. The monoisotopic (exact) mass is 551 g/mol. The molecule has 1 aliphatic rings. The van der Waals surface area contributed by atoms with Gasteiger partial charge >= 0.3 is 5.82 Å². The van der Waals surface area contributed by atoms with Gasteiger partial charge in [0.1, 0.15) is 6.54 Å². The number of imidazole rings is 1. The second-order valence-electron chi connectivity index (χ2n) is 7.32. The number of aliphatic imine (C=N–C) groups is 1. The molecule has 0 N–H and O–H groups in total. The maximum Gasteiger partial charge on any atom is 0.365 e. The molecule has 1 aromatic heterocycles. The predicted octanol–water partition coefficient (Wildman–Crippen LogP) is 1.06. The number of nitrogens with zero attached hydrogens (tertiary/aromatic N) is 5. The molecule has 0 spiro atoms. The minimum Gasteiger partial charge on any atom is -1.00 e. The number of carbonyl (C=O) groups is 1. The van der Waals surface area contributed by atoms with E-state index in [9.17, 15) is 14.9 Å². The zero-order valence-corrected chi connectivity index (χ0v) is 20.9. The summed E-state index contributed by atoms with van der Waals surface area (Å²) in [5, 5.41) is 12.7. The molecule has 8 nitrogen and oxygen atoms in total. The molecular formula is C22H20BrCl2N5O3. The number of carbonyl (C=O) groups excluding carboxylic acids is 1. The number of hydrogen-bond acceptors (Lipinski definition) is 4. The third-order valence-electron chi connectivity index (χ3n) is 5.48. The van der Waals surface area contributed by atoms with Crippen LogP contribution in [0, 0.1) is 17.0 Å². The average molecular weight is 553 g/mol. The molecule has 2 heterocycles. The number of rotatable bonds is 5. The minimum atomic E-state index is -1.02. The van der Waals surface area contributed by atoms with Crippen molar-refractivity contribution in [2.75, 3.05) is 17.3 Å². The van der Waals surface area contributed by atoms with Gasteiger partial charge in [-0.15, -0.1) is 0 Å². The van der Waals surface area contributed by atoms with Crippen molar-refractivity contribution >= 4 is 50.7 Å². The molecule has 1 atom stereocenters. The molecule has 1 aliphatic heterocycles. The van der Waals surface area contributed by atoms with Crippen molar-refractivity contribution in [1.82, 2.24) is 4.57 Å². The van der Waals surface area contributed by atoms with Gasteiger partial charge in [-0.25, -0.2) is 4.99 Å². The van der Waals surface area contributed by atoms with Gasteiger partial charge in [0.25, 0.3) is 17.9 Å². The van der Waals surface area contributed by atoms with Gasteiger partial charge in [0, 0.05) is 35.5 Å². The Bertz CT molecular complexity index is 1250. The van der Waals surface area contributed by atoms with Crippen LogP contribution in [0.15, 0.2) is 59.7 Å². The molecule has 1 unspecified atom stereocenters. The van der Waals surface area contributed by atoms with Crippen molar-refractivity contribution in [3.8, 4) is 0 Å². The molecule has 0 saturated heterocycles. The number of likely N-dealkylation sites (N-methyl/N-ethyl adjacent to an activating group) is 1. The first-order valence-electron chi connectivity index (χ1n) is 9.85. The lowest BCUT2D eigenvalue weighted by Crippen LogP contribution is -3.00. The van der Waals surface area contributed by atoms with Crippen LogP contribution in [0.2, 0.25) is 5.02 Å². The fourth-order valence-corrected chi connectivity index (χ4v) is 4.41. The lowest BCUT2D eigenvalue weighted by Gasteiger charge is -2.19. The van der Waals surface area contributed by atoms with Gasteiger partial charge in [-0.2, -0.15) is 9.13 Å². The normalized spacial score (nSPS) is 15.4. The number of halogens is 3. The molecule has 11 heteroatoms. The summed E-state index contributed by atoms with van der Waals surface area (Å²) in [6.07, 6.45) is 0.361. The third kappa shape index (κ3) is 4.53. The second kappa shape index (κ2) is 10.0. The first-order chi connectivity index (χ1) is 15.3. The Morgan fingerprint density at radius 2 is 1.94 bits per heavy atom. The number of fused-ring (bicyclic) bond motifs is 1. The molecule has 0 aliphatic carbocycles. The van der Waals surface area contributed by atoms with Crippen molar-refractivity contribution in [1.29, 1.82) is 0 Å². The van der Waals surface area contributed by atoms with E-state index in [1.165, 1.54) is 11.1 Å². The number of benzodiazepines with no additional fused rings is 1. The van der Waals surface area contributed by atoms with Crippen molar-refractivity contribution in [3.05, 3.63) is 86.8 Å². The number of aromatic nitrogens is 2. The van der Waals surface area contributed by atoms with Gasteiger partial charge in [-0.3, -0.25) is 4.79 Å². The van der Waals surface area contributed by atoms with Gasteiger partial charge in [-0.1, -0.05) is 57.9 Å². The van der Waals surface area contributed by atoms with E-state index in [4.69, 9.17) is 16.6 Å². The molecule has 4 rings (SSSR count). The molecule has 0 fully saturated rings. The van der Waals surface area contributed by atoms with Gasteiger partial charge < -0.3 is 27.4 Å². The zero-order valence-electron chi connectivity index (χ0n) is 17.8. The molecule has 33 heavy (non-hydrogen) atoms. The number of benzene rings is 2. The van der Waals surface area contributed by atoms with E-state index >= 15 is 0 Å². The average Bonchev–Trinajstić information content (AvgIpc) is 3.05. The summed E-state index contributed by atoms with van der Waals surface area (Å²) in [5.41, 5.74) is 2.79. The summed E-state index contributed by atoms with van der Waals surface area (Å²) in [4.78, 5) is 31.1. The number of anilines is 1. The Balaban J connectivity index is 0.00000306. The lowest BCUT2D eigenvalue weighted by atomic mass is 10.0.